The van der Waals surface area contributed by atoms with E-state index < -0.39 is 6.09 Å². The van der Waals surface area contributed by atoms with Crippen molar-refractivity contribution in [2.24, 2.45) is 0 Å². The second-order valence-electron chi connectivity index (χ2n) is 10.8. The van der Waals surface area contributed by atoms with E-state index in [9.17, 15) is 14.7 Å². The molecule has 0 bridgehead atoms. The monoisotopic (exact) mass is 620 g/mol. The molecule has 1 aliphatic rings. The molecule has 2 unspecified atom stereocenters. The smallest absolute Gasteiger partial charge is 0.407 e. The van der Waals surface area contributed by atoms with Crippen LogP contribution in [0.5, 0.6) is 17.2 Å². The summed E-state index contributed by atoms with van der Waals surface area (Å²) in [5.74, 6) is 2.33. The van der Waals surface area contributed by atoms with E-state index in [4.69, 9.17) is 23.7 Å². The van der Waals surface area contributed by atoms with Crippen LogP contribution in [-0.2, 0) is 27.3 Å². The first-order chi connectivity index (χ1) is 22.0. The van der Waals surface area contributed by atoms with Crippen LogP contribution in [0.1, 0.15) is 41.9 Å². The lowest BCUT2D eigenvalue weighted by Crippen LogP contribution is -2.46. The van der Waals surface area contributed by atoms with Crippen LogP contribution >= 0.6 is 0 Å². The SMILES string of the molecule is CNC(=O)CCc1ccccc1OCCOC1CN(C(=O)O)CCC1c1ccc(OCCCOCc2ccccc2OC)cc1. The van der Waals surface area contributed by atoms with Crippen LogP contribution in [0.4, 0.5) is 4.79 Å². The van der Waals surface area contributed by atoms with Gasteiger partial charge in [0.15, 0.2) is 0 Å². The molecule has 45 heavy (non-hydrogen) atoms. The summed E-state index contributed by atoms with van der Waals surface area (Å²) in [6.45, 7) is 2.94. The summed E-state index contributed by atoms with van der Waals surface area (Å²) in [4.78, 5) is 24.8. The van der Waals surface area contributed by atoms with Crippen LogP contribution in [0.3, 0.4) is 0 Å². The quantitative estimate of drug-likeness (QED) is 0.196. The van der Waals surface area contributed by atoms with Gasteiger partial charge in [0.1, 0.15) is 23.9 Å². The van der Waals surface area contributed by atoms with Crippen molar-refractivity contribution in [2.45, 2.75) is 44.3 Å². The third kappa shape index (κ3) is 10.4. The summed E-state index contributed by atoms with van der Waals surface area (Å²) < 4.78 is 29.3. The third-order valence-electron chi connectivity index (χ3n) is 7.84. The minimum absolute atomic E-state index is 0.0233. The number of likely N-dealkylation sites (tertiary alicyclic amines) is 1. The number of aryl methyl sites for hydroxylation is 1. The number of nitrogens with zero attached hydrogens (tertiary/aromatic N) is 1. The van der Waals surface area contributed by atoms with Crippen molar-refractivity contribution < 1.29 is 38.4 Å². The van der Waals surface area contributed by atoms with E-state index in [1.165, 1.54) is 4.90 Å². The standard InChI is InChI=1S/C35H44N2O8/c1-36-34(38)17-14-27-8-3-6-11-32(27)44-22-23-45-33-24-37(35(39)40)19-18-30(33)26-12-15-29(16-13-26)43-21-7-20-42-25-28-9-4-5-10-31(28)41-2/h3-6,8-13,15-16,30,33H,7,14,17-25H2,1-2H3,(H,36,38)(H,39,40). The number of methoxy groups -OCH3 is 1. The zero-order chi connectivity index (χ0) is 31.9. The number of piperidine rings is 1. The van der Waals surface area contributed by atoms with Gasteiger partial charge in [0.2, 0.25) is 5.91 Å². The largest absolute Gasteiger partial charge is 0.496 e. The van der Waals surface area contributed by atoms with E-state index >= 15 is 0 Å². The maximum Gasteiger partial charge on any atom is 0.407 e. The molecule has 1 aliphatic heterocycles. The van der Waals surface area contributed by atoms with Gasteiger partial charge in [0.05, 0.1) is 46.2 Å². The summed E-state index contributed by atoms with van der Waals surface area (Å²) in [7, 11) is 3.28. The van der Waals surface area contributed by atoms with Gasteiger partial charge in [0, 0.05) is 37.9 Å². The molecule has 1 fully saturated rings. The molecule has 0 aliphatic carbocycles. The van der Waals surface area contributed by atoms with Gasteiger partial charge >= 0.3 is 6.09 Å². The van der Waals surface area contributed by atoms with E-state index in [1.807, 2.05) is 72.8 Å². The van der Waals surface area contributed by atoms with Crippen molar-refractivity contribution >= 4 is 12.0 Å². The zero-order valence-electron chi connectivity index (χ0n) is 26.1. The molecule has 10 nitrogen and oxygen atoms in total. The summed E-state index contributed by atoms with van der Waals surface area (Å²) in [5.41, 5.74) is 3.05. The van der Waals surface area contributed by atoms with E-state index in [0.29, 0.717) is 58.8 Å². The lowest BCUT2D eigenvalue weighted by molar-refractivity contribution is -0.120. The van der Waals surface area contributed by atoms with Crippen molar-refractivity contribution in [2.75, 3.05) is 53.7 Å². The third-order valence-corrected chi connectivity index (χ3v) is 7.84. The van der Waals surface area contributed by atoms with Gasteiger partial charge in [-0.1, -0.05) is 48.5 Å². The zero-order valence-corrected chi connectivity index (χ0v) is 26.1. The number of carbonyl (C=O) groups excluding carboxylic acids is 1. The molecule has 2 N–H and O–H groups in total. The minimum Gasteiger partial charge on any atom is -0.496 e. The number of amides is 2. The van der Waals surface area contributed by atoms with Gasteiger partial charge < -0.3 is 39.0 Å². The summed E-state index contributed by atoms with van der Waals surface area (Å²) in [6, 6.07) is 23.4. The molecule has 4 rings (SSSR count). The maximum absolute atomic E-state index is 11.7. The molecule has 3 aromatic rings. The van der Waals surface area contributed by atoms with Crippen molar-refractivity contribution in [3.05, 3.63) is 89.5 Å². The number of carboxylic acid groups (broad SMARTS) is 1. The van der Waals surface area contributed by atoms with E-state index in [-0.39, 0.29) is 24.5 Å². The molecule has 1 heterocycles. The average Bonchev–Trinajstić information content (AvgIpc) is 3.07. The molecule has 0 radical (unpaired) electrons. The molecule has 0 saturated carbocycles. The number of nitrogens with one attached hydrogen (secondary N) is 1. The van der Waals surface area contributed by atoms with Crippen molar-refractivity contribution in [3.63, 3.8) is 0 Å². The second-order valence-corrected chi connectivity index (χ2v) is 10.8. The van der Waals surface area contributed by atoms with Crippen LogP contribution in [0.2, 0.25) is 0 Å². The highest BCUT2D eigenvalue weighted by Gasteiger charge is 2.33. The molecule has 10 heteroatoms. The molecule has 1 saturated heterocycles. The van der Waals surface area contributed by atoms with Crippen molar-refractivity contribution in [3.8, 4) is 17.2 Å². The Balaban J connectivity index is 1.24. The fourth-order valence-electron chi connectivity index (χ4n) is 5.38. The Morgan fingerprint density at radius 1 is 0.889 bits per heavy atom. The van der Waals surface area contributed by atoms with Gasteiger partial charge in [-0.2, -0.15) is 0 Å². The van der Waals surface area contributed by atoms with Crippen LogP contribution in [0.15, 0.2) is 72.8 Å². The first kappa shape index (κ1) is 33.6. The Hall–Kier alpha value is -4.28. The number of hydrogen-bond acceptors (Lipinski definition) is 7. The van der Waals surface area contributed by atoms with Crippen LogP contribution in [-0.4, -0.2) is 81.8 Å². The van der Waals surface area contributed by atoms with Crippen molar-refractivity contribution in [1.82, 2.24) is 10.2 Å². The average molecular weight is 621 g/mol. The molecular weight excluding hydrogens is 576 g/mol. The molecule has 2 atom stereocenters. The van der Waals surface area contributed by atoms with Gasteiger partial charge in [-0.05, 0) is 48.2 Å². The molecule has 242 valence electrons. The lowest BCUT2D eigenvalue weighted by Gasteiger charge is -2.37. The fraction of sp³-hybridized carbons (Fsp3) is 0.429. The first-order valence-corrected chi connectivity index (χ1v) is 15.4. The van der Waals surface area contributed by atoms with Crippen LogP contribution in [0, 0.1) is 0 Å². The van der Waals surface area contributed by atoms with Crippen LogP contribution in [0.25, 0.3) is 0 Å². The van der Waals surface area contributed by atoms with E-state index in [1.54, 1.807) is 14.2 Å². The Labute approximate surface area is 265 Å². The summed E-state index contributed by atoms with van der Waals surface area (Å²) >= 11 is 0. The summed E-state index contributed by atoms with van der Waals surface area (Å²) in [6.07, 6.45) is 1.11. The molecule has 0 spiro atoms. The van der Waals surface area contributed by atoms with Crippen molar-refractivity contribution in [1.29, 1.82) is 0 Å². The number of rotatable bonds is 17. The number of benzene rings is 3. The highest BCUT2D eigenvalue weighted by molar-refractivity contribution is 5.75. The highest BCUT2D eigenvalue weighted by atomic mass is 16.5. The number of ether oxygens (including phenoxy) is 5. The van der Waals surface area contributed by atoms with Gasteiger partial charge in [0.25, 0.3) is 0 Å². The number of carbonyl (C=O) groups is 2. The second kappa shape index (κ2) is 17.9. The molecule has 3 aromatic carbocycles. The number of para-hydroxylation sites is 2. The minimum atomic E-state index is -0.945. The lowest BCUT2D eigenvalue weighted by atomic mass is 9.87. The normalized spacial score (nSPS) is 16.2. The predicted octanol–water partition coefficient (Wildman–Crippen LogP) is 5.29. The predicted molar refractivity (Wildman–Crippen MR) is 170 cm³/mol. The Morgan fingerprint density at radius 3 is 2.36 bits per heavy atom. The maximum atomic E-state index is 11.7. The molecule has 2 amide bonds. The van der Waals surface area contributed by atoms with Crippen LogP contribution < -0.4 is 19.5 Å². The van der Waals surface area contributed by atoms with Gasteiger partial charge in [-0.3, -0.25) is 4.79 Å². The van der Waals surface area contributed by atoms with E-state index in [0.717, 1.165) is 40.4 Å². The highest BCUT2D eigenvalue weighted by Crippen LogP contribution is 2.32. The fourth-order valence-corrected chi connectivity index (χ4v) is 5.38. The first-order valence-electron chi connectivity index (χ1n) is 15.4. The Kier molecular flexibility index (Phi) is 13.3. The Bertz CT molecular complexity index is 1350. The van der Waals surface area contributed by atoms with Gasteiger partial charge in [-0.15, -0.1) is 0 Å². The number of hydrogen-bond donors (Lipinski definition) is 2. The molecular formula is C35H44N2O8. The Morgan fingerprint density at radius 2 is 1.62 bits per heavy atom. The van der Waals surface area contributed by atoms with E-state index in [2.05, 4.69) is 5.32 Å². The summed E-state index contributed by atoms with van der Waals surface area (Å²) in [5, 5.41) is 12.2. The topological polar surface area (TPSA) is 116 Å². The van der Waals surface area contributed by atoms with Gasteiger partial charge in [-0.25, -0.2) is 4.79 Å². The molecule has 0 aromatic heterocycles.